The Balaban J connectivity index is 2.21. The summed E-state index contributed by atoms with van der Waals surface area (Å²) in [5.74, 6) is 0. The van der Waals surface area contributed by atoms with Crippen molar-refractivity contribution in [3.05, 3.63) is 39.9 Å². The first-order valence-corrected chi connectivity index (χ1v) is 5.79. The number of nitro groups is 1. The predicted octanol–water partition coefficient (Wildman–Crippen LogP) is 1.85. The van der Waals surface area contributed by atoms with Crippen LogP contribution < -0.4 is 5.32 Å². The molecule has 1 aromatic carbocycles. The minimum absolute atomic E-state index is 0.122. The van der Waals surface area contributed by atoms with Crippen LogP contribution in [0.4, 0.5) is 5.69 Å². The number of rotatable bonds is 8. The summed E-state index contributed by atoms with van der Waals surface area (Å²) in [6.45, 7) is 1.87. The summed E-state index contributed by atoms with van der Waals surface area (Å²) in [4.78, 5) is 10.0. The molecule has 0 fully saturated rings. The summed E-state index contributed by atoms with van der Waals surface area (Å²) in [6, 6.07) is 6.56. The maximum absolute atomic E-state index is 10.4. The molecule has 17 heavy (non-hydrogen) atoms. The van der Waals surface area contributed by atoms with E-state index in [9.17, 15) is 10.1 Å². The second kappa shape index (κ2) is 7.76. The molecule has 0 atom stereocenters. The minimum Gasteiger partial charge on any atom is -0.396 e. The molecule has 0 amide bonds. The van der Waals surface area contributed by atoms with Crippen LogP contribution in [0.15, 0.2) is 24.3 Å². The van der Waals surface area contributed by atoms with Gasteiger partial charge in [-0.05, 0) is 31.4 Å². The third kappa shape index (κ3) is 5.42. The standard InChI is InChI=1S/C12H18N2O3/c15-9-3-1-2-8-13-10-11-4-6-12(7-5-11)14(16)17/h4-7,13,15H,1-3,8-10H2. The monoisotopic (exact) mass is 238 g/mol. The molecule has 0 aromatic heterocycles. The number of hydrogen-bond donors (Lipinski definition) is 2. The van der Waals surface area contributed by atoms with Crippen LogP contribution in [0.25, 0.3) is 0 Å². The first-order chi connectivity index (χ1) is 8.24. The van der Waals surface area contributed by atoms with Gasteiger partial charge in [0, 0.05) is 25.3 Å². The summed E-state index contributed by atoms with van der Waals surface area (Å²) in [6.07, 6.45) is 2.90. The van der Waals surface area contributed by atoms with Gasteiger partial charge in [0.25, 0.3) is 5.69 Å². The Hall–Kier alpha value is -1.46. The third-order valence-electron chi connectivity index (χ3n) is 2.49. The van der Waals surface area contributed by atoms with Crippen molar-refractivity contribution in [2.75, 3.05) is 13.2 Å². The summed E-state index contributed by atoms with van der Waals surface area (Å²) in [5.41, 5.74) is 1.16. The molecule has 0 aliphatic carbocycles. The molecule has 5 nitrogen and oxygen atoms in total. The van der Waals surface area contributed by atoms with E-state index in [1.165, 1.54) is 12.1 Å². The lowest BCUT2D eigenvalue weighted by Crippen LogP contribution is -2.14. The fourth-order valence-electron chi connectivity index (χ4n) is 1.51. The molecule has 5 heteroatoms. The molecule has 0 bridgehead atoms. The van der Waals surface area contributed by atoms with Crippen molar-refractivity contribution in [3.8, 4) is 0 Å². The zero-order chi connectivity index (χ0) is 12.5. The van der Waals surface area contributed by atoms with Crippen LogP contribution in [0, 0.1) is 10.1 Å². The zero-order valence-corrected chi connectivity index (χ0v) is 9.76. The molecule has 1 aromatic rings. The van der Waals surface area contributed by atoms with Crippen LogP contribution >= 0.6 is 0 Å². The van der Waals surface area contributed by atoms with Gasteiger partial charge in [0.15, 0.2) is 0 Å². The first-order valence-electron chi connectivity index (χ1n) is 5.79. The second-order valence-electron chi connectivity index (χ2n) is 3.88. The van der Waals surface area contributed by atoms with Gasteiger partial charge >= 0.3 is 0 Å². The van der Waals surface area contributed by atoms with Gasteiger partial charge in [-0.1, -0.05) is 12.1 Å². The normalized spacial score (nSPS) is 10.4. The van der Waals surface area contributed by atoms with E-state index in [-0.39, 0.29) is 12.3 Å². The topological polar surface area (TPSA) is 75.4 Å². The van der Waals surface area contributed by atoms with E-state index in [0.29, 0.717) is 0 Å². The number of hydrogen-bond acceptors (Lipinski definition) is 4. The van der Waals surface area contributed by atoms with Crippen molar-refractivity contribution in [1.29, 1.82) is 0 Å². The second-order valence-corrected chi connectivity index (χ2v) is 3.88. The number of aliphatic hydroxyl groups excluding tert-OH is 1. The predicted molar refractivity (Wildman–Crippen MR) is 65.7 cm³/mol. The number of nitro benzene ring substituents is 1. The van der Waals surface area contributed by atoms with E-state index in [2.05, 4.69) is 5.32 Å². The van der Waals surface area contributed by atoms with E-state index >= 15 is 0 Å². The molecule has 2 N–H and O–H groups in total. The van der Waals surface area contributed by atoms with Crippen molar-refractivity contribution in [2.45, 2.75) is 25.8 Å². The average Bonchev–Trinajstić information content (AvgIpc) is 2.34. The lowest BCUT2D eigenvalue weighted by atomic mass is 10.2. The largest absolute Gasteiger partial charge is 0.396 e. The highest BCUT2D eigenvalue weighted by Gasteiger charge is 2.03. The molecule has 0 heterocycles. The lowest BCUT2D eigenvalue weighted by Gasteiger charge is -2.04. The van der Waals surface area contributed by atoms with Crippen molar-refractivity contribution < 1.29 is 10.0 Å². The Labute approximate surface area is 101 Å². The van der Waals surface area contributed by atoms with Gasteiger partial charge in [0.2, 0.25) is 0 Å². The molecule has 0 saturated carbocycles. The van der Waals surface area contributed by atoms with E-state index in [0.717, 1.165) is 37.9 Å². The zero-order valence-electron chi connectivity index (χ0n) is 9.76. The summed E-state index contributed by atoms with van der Waals surface area (Å²) < 4.78 is 0. The SMILES string of the molecule is O=[N+]([O-])c1ccc(CNCCCCCO)cc1. The van der Waals surface area contributed by atoms with Crippen molar-refractivity contribution in [1.82, 2.24) is 5.32 Å². The molecular formula is C12H18N2O3. The van der Waals surface area contributed by atoms with Crippen molar-refractivity contribution >= 4 is 5.69 Å². The number of benzene rings is 1. The van der Waals surface area contributed by atoms with Gasteiger partial charge in [-0.3, -0.25) is 10.1 Å². The van der Waals surface area contributed by atoms with Gasteiger partial charge in [-0.15, -0.1) is 0 Å². The minimum atomic E-state index is -0.397. The quantitative estimate of drug-likeness (QED) is 0.411. The fraction of sp³-hybridized carbons (Fsp3) is 0.500. The number of nitrogens with one attached hydrogen (secondary N) is 1. The van der Waals surface area contributed by atoms with E-state index in [1.54, 1.807) is 12.1 Å². The Morgan fingerprint density at radius 2 is 1.88 bits per heavy atom. The van der Waals surface area contributed by atoms with Crippen LogP contribution in [-0.2, 0) is 6.54 Å². The highest BCUT2D eigenvalue weighted by molar-refractivity contribution is 5.32. The molecule has 1 rings (SSSR count). The maximum Gasteiger partial charge on any atom is 0.269 e. The maximum atomic E-state index is 10.4. The van der Waals surface area contributed by atoms with Crippen LogP contribution in [-0.4, -0.2) is 23.2 Å². The average molecular weight is 238 g/mol. The highest BCUT2D eigenvalue weighted by Crippen LogP contribution is 2.11. The molecule has 0 saturated heterocycles. The molecule has 0 aliphatic rings. The van der Waals surface area contributed by atoms with Gasteiger partial charge < -0.3 is 10.4 Å². The van der Waals surface area contributed by atoms with Crippen molar-refractivity contribution in [3.63, 3.8) is 0 Å². The van der Waals surface area contributed by atoms with Crippen molar-refractivity contribution in [2.24, 2.45) is 0 Å². The molecule has 0 aliphatic heterocycles. The number of aliphatic hydroxyl groups is 1. The Morgan fingerprint density at radius 3 is 2.47 bits per heavy atom. The fourth-order valence-corrected chi connectivity index (χ4v) is 1.51. The van der Waals surface area contributed by atoms with E-state index in [1.807, 2.05) is 0 Å². The molecule has 0 spiro atoms. The lowest BCUT2D eigenvalue weighted by molar-refractivity contribution is -0.384. The van der Waals surface area contributed by atoms with Gasteiger partial charge in [0.1, 0.15) is 0 Å². The highest BCUT2D eigenvalue weighted by atomic mass is 16.6. The Kier molecular flexibility index (Phi) is 6.21. The van der Waals surface area contributed by atoms with E-state index in [4.69, 9.17) is 5.11 Å². The molecule has 0 unspecified atom stereocenters. The molecule has 0 radical (unpaired) electrons. The molecule has 94 valence electrons. The first kappa shape index (κ1) is 13.6. The number of non-ortho nitro benzene ring substituents is 1. The van der Waals surface area contributed by atoms with Crippen LogP contribution in [0.2, 0.25) is 0 Å². The third-order valence-corrected chi connectivity index (χ3v) is 2.49. The smallest absolute Gasteiger partial charge is 0.269 e. The number of nitrogens with zero attached hydrogens (tertiary/aromatic N) is 1. The van der Waals surface area contributed by atoms with E-state index < -0.39 is 4.92 Å². The molecular weight excluding hydrogens is 220 g/mol. The van der Waals surface area contributed by atoms with Gasteiger partial charge in [-0.2, -0.15) is 0 Å². The Bertz CT molecular complexity index is 338. The summed E-state index contributed by atoms with van der Waals surface area (Å²) in [7, 11) is 0. The van der Waals surface area contributed by atoms with Crippen LogP contribution in [0.3, 0.4) is 0 Å². The summed E-state index contributed by atoms with van der Waals surface area (Å²) >= 11 is 0. The van der Waals surface area contributed by atoms with Crippen LogP contribution in [0.1, 0.15) is 24.8 Å². The number of unbranched alkanes of at least 4 members (excludes halogenated alkanes) is 2. The Morgan fingerprint density at radius 1 is 1.18 bits per heavy atom. The van der Waals surface area contributed by atoms with Gasteiger partial charge in [-0.25, -0.2) is 0 Å². The van der Waals surface area contributed by atoms with Crippen LogP contribution in [0.5, 0.6) is 0 Å². The summed E-state index contributed by atoms with van der Waals surface area (Å²) in [5, 5.41) is 22.3. The van der Waals surface area contributed by atoms with Gasteiger partial charge in [0.05, 0.1) is 4.92 Å².